The summed E-state index contributed by atoms with van der Waals surface area (Å²) in [5.74, 6) is 0.365. The third-order valence-electron chi connectivity index (χ3n) is 3.25. The van der Waals surface area contributed by atoms with Crippen LogP contribution in [0.15, 0.2) is 18.2 Å². The molecule has 1 unspecified atom stereocenters. The number of phenolic OH excluding ortho intramolecular Hbond substituents is 1. The van der Waals surface area contributed by atoms with E-state index in [-0.39, 0.29) is 11.7 Å². The highest BCUT2D eigenvalue weighted by atomic mass is 79.9. The Hall–Kier alpha value is -1.03. The zero-order valence-corrected chi connectivity index (χ0v) is 13.2. The van der Waals surface area contributed by atoms with Crippen molar-refractivity contribution in [1.29, 1.82) is 0 Å². The molecule has 0 heterocycles. The van der Waals surface area contributed by atoms with Crippen LogP contribution >= 0.6 is 15.9 Å². The fourth-order valence-electron chi connectivity index (χ4n) is 2.09. The Morgan fingerprint density at radius 2 is 2.16 bits per heavy atom. The smallest absolute Gasteiger partial charge is 0.255 e. The summed E-state index contributed by atoms with van der Waals surface area (Å²) in [5, 5.41) is 13.7. The zero-order chi connectivity index (χ0) is 14.3. The van der Waals surface area contributed by atoms with Gasteiger partial charge < -0.3 is 10.4 Å². The number of alkyl halides is 1. The fourth-order valence-corrected chi connectivity index (χ4v) is 2.73. The fraction of sp³-hybridized carbons (Fsp3) is 0.533. The molecule has 1 aromatic carbocycles. The highest BCUT2D eigenvalue weighted by molar-refractivity contribution is 9.09. The number of carbonyl (C=O) groups is 1. The van der Waals surface area contributed by atoms with Crippen LogP contribution in [0.2, 0.25) is 0 Å². The van der Waals surface area contributed by atoms with E-state index in [1.807, 2.05) is 0 Å². The van der Waals surface area contributed by atoms with Gasteiger partial charge in [-0.2, -0.15) is 0 Å². The van der Waals surface area contributed by atoms with Gasteiger partial charge in [0.2, 0.25) is 0 Å². The zero-order valence-electron chi connectivity index (χ0n) is 11.6. The van der Waals surface area contributed by atoms with Gasteiger partial charge in [0, 0.05) is 11.9 Å². The quantitative estimate of drug-likeness (QED) is 0.751. The first-order valence-electron chi connectivity index (χ1n) is 6.72. The van der Waals surface area contributed by atoms with E-state index in [1.54, 1.807) is 25.1 Å². The third kappa shape index (κ3) is 4.86. The molecule has 0 fully saturated rings. The maximum Gasteiger partial charge on any atom is 0.255 e. The first kappa shape index (κ1) is 16.0. The average Bonchev–Trinajstić information content (AvgIpc) is 2.39. The molecule has 0 radical (unpaired) electrons. The molecule has 0 aliphatic heterocycles. The topological polar surface area (TPSA) is 49.3 Å². The summed E-state index contributed by atoms with van der Waals surface area (Å²) in [6.07, 6.45) is 3.27. The van der Waals surface area contributed by atoms with Gasteiger partial charge in [0.25, 0.3) is 5.91 Å². The van der Waals surface area contributed by atoms with Gasteiger partial charge in [-0.3, -0.25) is 4.79 Å². The second kappa shape index (κ2) is 8.20. The van der Waals surface area contributed by atoms with E-state index in [1.165, 1.54) is 0 Å². The molecular weight excluding hydrogens is 306 g/mol. The number of hydrogen-bond donors (Lipinski definition) is 2. The maximum atomic E-state index is 12.0. The number of amides is 1. The molecule has 2 N–H and O–H groups in total. The summed E-state index contributed by atoms with van der Waals surface area (Å²) in [5.41, 5.74) is 1.08. The Balaban J connectivity index is 2.61. The summed E-state index contributed by atoms with van der Waals surface area (Å²) < 4.78 is 0. The van der Waals surface area contributed by atoms with E-state index in [0.29, 0.717) is 18.0 Å². The van der Waals surface area contributed by atoms with Crippen molar-refractivity contribution in [1.82, 2.24) is 5.32 Å². The molecule has 19 heavy (non-hydrogen) atoms. The van der Waals surface area contributed by atoms with Crippen LogP contribution < -0.4 is 5.32 Å². The molecule has 1 rings (SSSR count). The molecule has 0 aliphatic rings. The maximum absolute atomic E-state index is 12.0. The predicted molar refractivity (Wildman–Crippen MR) is 82.0 cm³/mol. The number of nitrogens with one attached hydrogen (secondary N) is 1. The van der Waals surface area contributed by atoms with Crippen molar-refractivity contribution in [2.24, 2.45) is 5.92 Å². The lowest BCUT2D eigenvalue weighted by Gasteiger charge is -2.16. The Labute approximate surface area is 123 Å². The lowest BCUT2D eigenvalue weighted by atomic mass is 10.0. The normalized spacial score (nSPS) is 12.2. The minimum absolute atomic E-state index is 0.0764. The molecule has 1 aromatic rings. The number of rotatable bonds is 7. The monoisotopic (exact) mass is 327 g/mol. The Morgan fingerprint density at radius 3 is 2.79 bits per heavy atom. The first-order valence-corrected chi connectivity index (χ1v) is 7.85. The SMILES string of the molecule is CCCC(CCBr)CNC(=O)c1cccc(C)c1O. The van der Waals surface area contributed by atoms with Crippen molar-refractivity contribution >= 4 is 21.8 Å². The number of aryl methyl sites for hydroxylation is 1. The van der Waals surface area contributed by atoms with Crippen LogP contribution in [-0.4, -0.2) is 22.9 Å². The summed E-state index contributed by atoms with van der Waals surface area (Å²) in [6.45, 7) is 4.60. The summed E-state index contributed by atoms with van der Waals surface area (Å²) >= 11 is 3.44. The molecule has 4 heteroatoms. The van der Waals surface area contributed by atoms with Crippen molar-refractivity contribution in [3.8, 4) is 5.75 Å². The number of phenols is 1. The molecule has 3 nitrogen and oxygen atoms in total. The van der Waals surface area contributed by atoms with Gasteiger partial charge in [-0.05, 0) is 37.3 Å². The third-order valence-corrected chi connectivity index (χ3v) is 3.71. The molecule has 0 spiro atoms. The number of carbonyl (C=O) groups excluding carboxylic acids is 1. The molecule has 0 saturated carbocycles. The Morgan fingerprint density at radius 1 is 1.42 bits per heavy atom. The van der Waals surface area contributed by atoms with Crippen LogP contribution in [0.4, 0.5) is 0 Å². The number of hydrogen-bond acceptors (Lipinski definition) is 2. The Bertz CT molecular complexity index is 415. The van der Waals surface area contributed by atoms with Crippen molar-refractivity contribution in [3.63, 3.8) is 0 Å². The molecule has 0 aliphatic carbocycles. The summed E-state index contributed by atoms with van der Waals surface area (Å²) in [6, 6.07) is 5.22. The van der Waals surface area contributed by atoms with E-state index in [9.17, 15) is 9.90 Å². The highest BCUT2D eigenvalue weighted by Crippen LogP contribution is 2.21. The number of aromatic hydroxyl groups is 1. The minimum Gasteiger partial charge on any atom is -0.507 e. The number of halogens is 1. The molecular formula is C15H22BrNO2. The van der Waals surface area contributed by atoms with Gasteiger partial charge in [-0.25, -0.2) is 0 Å². The van der Waals surface area contributed by atoms with E-state index >= 15 is 0 Å². The van der Waals surface area contributed by atoms with Gasteiger partial charge in [0.15, 0.2) is 0 Å². The van der Waals surface area contributed by atoms with Gasteiger partial charge in [-0.1, -0.05) is 41.4 Å². The lowest BCUT2D eigenvalue weighted by molar-refractivity contribution is 0.0943. The number of benzene rings is 1. The predicted octanol–water partition coefficient (Wildman–Crippen LogP) is 3.63. The van der Waals surface area contributed by atoms with Gasteiger partial charge >= 0.3 is 0 Å². The van der Waals surface area contributed by atoms with Crippen molar-refractivity contribution < 1.29 is 9.90 Å². The molecule has 0 saturated heterocycles. The average molecular weight is 328 g/mol. The van der Waals surface area contributed by atoms with Gasteiger partial charge in [-0.15, -0.1) is 0 Å². The van der Waals surface area contributed by atoms with Crippen molar-refractivity contribution in [2.75, 3.05) is 11.9 Å². The lowest BCUT2D eigenvalue weighted by Crippen LogP contribution is -2.29. The van der Waals surface area contributed by atoms with Crippen LogP contribution in [0, 0.1) is 12.8 Å². The van der Waals surface area contributed by atoms with Gasteiger partial charge in [0.05, 0.1) is 5.56 Å². The number of para-hydroxylation sites is 1. The van der Waals surface area contributed by atoms with Crippen LogP contribution in [0.5, 0.6) is 5.75 Å². The van der Waals surface area contributed by atoms with Crippen LogP contribution in [0.1, 0.15) is 42.1 Å². The summed E-state index contributed by atoms with van der Waals surface area (Å²) in [7, 11) is 0. The van der Waals surface area contributed by atoms with Crippen molar-refractivity contribution in [2.45, 2.75) is 33.1 Å². The van der Waals surface area contributed by atoms with E-state index in [0.717, 1.165) is 30.2 Å². The van der Waals surface area contributed by atoms with E-state index in [2.05, 4.69) is 28.2 Å². The van der Waals surface area contributed by atoms with Gasteiger partial charge in [0.1, 0.15) is 5.75 Å². The highest BCUT2D eigenvalue weighted by Gasteiger charge is 2.14. The van der Waals surface area contributed by atoms with Crippen molar-refractivity contribution in [3.05, 3.63) is 29.3 Å². The van der Waals surface area contributed by atoms with Crippen LogP contribution in [0.3, 0.4) is 0 Å². The molecule has 1 amide bonds. The summed E-state index contributed by atoms with van der Waals surface area (Å²) in [4.78, 5) is 12.0. The largest absolute Gasteiger partial charge is 0.507 e. The first-order chi connectivity index (χ1) is 9.10. The molecule has 0 aromatic heterocycles. The molecule has 1 atom stereocenters. The van der Waals surface area contributed by atoms with Crippen LogP contribution in [-0.2, 0) is 0 Å². The second-order valence-corrected chi connectivity index (χ2v) is 5.61. The van der Waals surface area contributed by atoms with E-state index < -0.39 is 0 Å². The van der Waals surface area contributed by atoms with E-state index in [4.69, 9.17) is 0 Å². The van der Waals surface area contributed by atoms with Crippen LogP contribution in [0.25, 0.3) is 0 Å². The second-order valence-electron chi connectivity index (χ2n) is 4.81. The standard InChI is InChI=1S/C15H22BrNO2/c1-3-5-12(8-9-16)10-17-15(19)13-7-4-6-11(2)14(13)18/h4,6-7,12,18H,3,5,8-10H2,1-2H3,(H,17,19). The molecule has 0 bridgehead atoms. The Kier molecular flexibility index (Phi) is 6.92. The minimum atomic E-state index is -0.197. The molecule has 106 valence electrons.